The zero-order chi connectivity index (χ0) is 18.3. The largest absolute Gasteiger partial charge is 0.496 e. The number of hydrogen-bond donors (Lipinski definition) is 1. The Morgan fingerprint density at radius 3 is 2.59 bits per heavy atom. The Labute approximate surface area is 169 Å². The quantitative estimate of drug-likeness (QED) is 0.457. The molecule has 0 aliphatic rings. The van der Waals surface area contributed by atoms with Gasteiger partial charge in [0, 0.05) is 45.0 Å². The molecule has 0 amide bonds. The number of rotatable bonds is 5. The van der Waals surface area contributed by atoms with E-state index in [-0.39, 0.29) is 12.4 Å². The molecule has 0 atom stereocenters. The molecule has 0 aliphatic heterocycles. The van der Waals surface area contributed by atoms with E-state index in [4.69, 9.17) is 16.3 Å². The molecule has 2 aromatic heterocycles. The zero-order valence-corrected chi connectivity index (χ0v) is 17.2. The van der Waals surface area contributed by atoms with Crippen LogP contribution in [0, 0.1) is 0 Å². The number of fused-ring (bicyclic) bond motifs is 5. The third-order valence-corrected chi connectivity index (χ3v) is 5.36. The van der Waals surface area contributed by atoms with Crippen molar-refractivity contribution >= 4 is 56.7 Å². The number of pyridine rings is 1. The minimum Gasteiger partial charge on any atom is -0.496 e. The molecule has 0 saturated heterocycles. The molecule has 1 N–H and O–H groups in total. The van der Waals surface area contributed by atoms with E-state index in [1.165, 1.54) is 10.9 Å². The van der Waals surface area contributed by atoms with E-state index in [9.17, 15) is 0 Å². The number of H-pyrrole nitrogens is 1. The fourth-order valence-corrected chi connectivity index (χ4v) is 3.85. The Bertz CT molecular complexity index is 1100. The summed E-state index contributed by atoms with van der Waals surface area (Å²) in [4.78, 5) is 10.6. The maximum Gasteiger partial charge on any atom is 0.124 e. The maximum absolute atomic E-state index is 6.13. The van der Waals surface area contributed by atoms with Gasteiger partial charge < -0.3 is 9.72 Å². The van der Waals surface area contributed by atoms with Crippen molar-refractivity contribution in [1.29, 1.82) is 0 Å². The minimum absolute atomic E-state index is 0. The second kappa shape index (κ2) is 7.93. The molecule has 0 radical (unpaired) electrons. The zero-order valence-electron chi connectivity index (χ0n) is 15.7. The molecule has 0 saturated carbocycles. The molecular weight excluding hydrogens is 381 g/mol. The third kappa shape index (κ3) is 3.33. The fourth-order valence-electron chi connectivity index (χ4n) is 3.69. The van der Waals surface area contributed by atoms with Gasteiger partial charge in [-0.15, -0.1) is 12.4 Å². The van der Waals surface area contributed by atoms with E-state index in [1.807, 2.05) is 30.5 Å². The van der Waals surface area contributed by atoms with Gasteiger partial charge in [0.25, 0.3) is 0 Å². The molecule has 0 bridgehead atoms. The number of halogens is 2. The van der Waals surface area contributed by atoms with Gasteiger partial charge >= 0.3 is 0 Å². The topological polar surface area (TPSA) is 41.1 Å². The molecular formula is C21H23Cl2N3O. The van der Waals surface area contributed by atoms with E-state index in [0.29, 0.717) is 5.02 Å². The lowest BCUT2D eigenvalue weighted by Crippen LogP contribution is -2.22. The Balaban J connectivity index is 0.00000210. The molecule has 4 aromatic rings. The summed E-state index contributed by atoms with van der Waals surface area (Å²) in [6.07, 6.45) is 1.94. The first-order chi connectivity index (χ1) is 12.7. The number of methoxy groups -OCH3 is 1. The van der Waals surface area contributed by atoms with Crippen LogP contribution in [-0.4, -0.2) is 35.1 Å². The van der Waals surface area contributed by atoms with Crippen LogP contribution in [0.4, 0.5) is 0 Å². The van der Waals surface area contributed by atoms with Crippen molar-refractivity contribution in [3.05, 3.63) is 47.1 Å². The summed E-state index contributed by atoms with van der Waals surface area (Å²) >= 11 is 6.13. The van der Waals surface area contributed by atoms with Crippen molar-refractivity contribution < 1.29 is 4.74 Å². The molecule has 2 aromatic carbocycles. The molecule has 142 valence electrons. The average molecular weight is 404 g/mol. The van der Waals surface area contributed by atoms with Crippen molar-refractivity contribution in [2.24, 2.45) is 0 Å². The van der Waals surface area contributed by atoms with E-state index in [0.717, 1.165) is 52.7 Å². The predicted molar refractivity (Wildman–Crippen MR) is 117 cm³/mol. The van der Waals surface area contributed by atoms with Gasteiger partial charge in [0.15, 0.2) is 0 Å². The summed E-state index contributed by atoms with van der Waals surface area (Å²) in [5.74, 6) is 0.918. The Kier molecular flexibility index (Phi) is 5.80. The van der Waals surface area contributed by atoms with E-state index in [1.54, 1.807) is 7.11 Å². The lowest BCUT2D eigenvalue weighted by molar-refractivity contribution is 0.290. The molecule has 27 heavy (non-hydrogen) atoms. The van der Waals surface area contributed by atoms with Crippen molar-refractivity contribution in [3.8, 4) is 5.75 Å². The maximum atomic E-state index is 6.13. The second-order valence-electron chi connectivity index (χ2n) is 6.46. The van der Waals surface area contributed by atoms with Gasteiger partial charge in [-0.25, -0.2) is 0 Å². The predicted octanol–water partition coefficient (Wildman–Crippen LogP) is 5.79. The van der Waals surface area contributed by atoms with Crippen LogP contribution >= 0.6 is 24.0 Å². The third-order valence-electron chi connectivity index (χ3n) is 5.13. The highest BCUT2D eigenvalue weighted by atomic mass is 35.5. The minimum atomic E-state index is 0. The standard InChI is InChI=1S/C21H22ClN3O.ClH/c1-4-25(5-2)12-16-19(26-3)9-8-17-20(16)15-11-23-18-10-13(22)6-7-14(18)21(15)24-17;/h6-11,24H,4-5,12H2,1-3H3;1H. The number of ether oxygens (including phenoxy) is 1. The van der Waals surface area contributed by atoms with Crippen molar-refractivity contribution in [1.82, 2.24) is 14.9 Å². The lowest BCUT2D eigenvalue weighted by atomic mass is 10.0. The summed E-state index contributed by atoms with van der Waals surface area (Å²) in [7, 11) is 1.73. The number of aromatic nitrogens is 2. The highest BCUT2D eigenvalue weighted by molar-refractivity contribution is 6.31. The summed E-state index contributed by atoms with van der Waals surface area (Å²) in [5.41, 5.74) is 4.30. The van der Waals surface area contributed by atoms with Gasteiger partial charge in [-0.05, 0) is 43.4 Å². The summed E-state index contributed by atoms with van der Waals surface area (Å²) in [6.45, 7) is 7.21. The number of aromatic amines is 1. The Morgan fingerprint density at radius 2 is 1.89 bits per heavy atom. The van der Waals surface area contributed by atoms with Gasteiger partial charge in [0.2, 0.25) is 0 Å². The molecule has 6 heteroatoms. The molecule has 0 spiro atoms. The normalized spacial score (nSPS) is 11.4. The number of nitrogens with zero attached hydrogens (tertiary/aromatic N) is 2. The summed E-state index contributed by atoms with van der Waals surface area (Å²) in [6, 6.07) is 9.97. The number of nitrogens with one attached hydrogen (secondary N) is 1. The van der Waals surface area contributed by atoms with Gasteiger partial charge in [0.05, 0.1) is 18.1 Å². The van der Waals surface area contributed by atoms with Crippen LogP contribution in [0.1, 0.15) is 19.4 Å². The van der Waals surface area contributed by atoms with Crippen LogP contribution in [0.5, 0.6) is 5.75 Å². The molecule has 0 aliphatic carbocycles. The van der Waals surface area contributed by atoms with Crippen molar-refractivity contribution in [2.75, 3.05) is 20.2 Å². The van der Waals surface area contributed by atoms with Crippen molar-refractivity contribution in [3.63, 3.8) is 0 Å². The van der Waals surface area contributed by atoms with Crippen LogP contribution in [0.25, 0.3) is 32.7 Å². The molecule has 0 fully saturated rings. The highest BCUT2D eigenvalue weighted by Crippen LogP contribution is 2.37. The molecule has 4 rings (SSSR count). The first-order valence-corrected chi connectivity index (χ1v) is 9.31. The molecule has 2 heterocycles. The SMILES string of the molecule is CCN(CC)Cc1c(OC)ccc2[nH]c3c4ccc(Cl)cc4ncc3c12.Cl. The summed E-state index contributed by atoms with van der Waals surface area (Å²) < 4.78 is 5.69. The van der Waals surface area contributed by atoms with E-state index < -0.39 is 0 Å². The Hall–Kier alpha value is -2.01. The van der Waals surface area contributed by atoms with E-state index >= 15 is 0 Å². The highest BCUT2D eigenvalue weighted by Gasteiger charge is 2.17. The Morgan fingerprint density at radius 1 is 1.11 bits per heavy atom. The monoisotopic (exact) mass is 403 g/mol. The van der Waals surface area contributed by atoms with Gasteiger partial charge in [-0.1, -0.05) is 25.4 Å². The molecule has 4 nitrogen and oxygen atoms in total. The summed E-state index contributed by atoms with van der Waals surface area (Å²) in [5, 5.41) is 4.09. The van der Waals surface area contributed by atoms with Crippen LogP contribution < -0.4 is 4.74 Å². The smallest absolute Gasteiger partial charge is 0.124 e. The van der Waals surface area contributed by atoms with Gasteiger partial charge in [-0.3, -0.25) is 9.88 Å². The first-order valence-electron chi connectivity index (χ1n) is 8.94. The first kappa shape index (κ1) is 19.7. The van der Waals surface area contributed by atoms with Crippen molar-refractivity contribution in [2.45, 2.75) is 20.4 Å². The van der Waals surface area contributed by atoms with E-state index in [2.05, 4.69) is 34.8 Å². The van der Waals surface area contributed by atoms with Crippen LogP contribution in [-0.2, 0) is 6.54 Å². The number of benzene rings is 2. The van der Waals surface area contributed by atoms with Crippen LogP contribution in [0.2, 0.25) is 5.02 Å². The average Bonchev–Trinajstić information content (AvgIpc) is 3.04. The van der Waals surface area contributed by atoms with Gasteiger partial charge in [-0.2, -0.15) is 0 Å². The lowest BCUT2D eigenvalue weighted by Gasteiger charge is -2.20. The van der Waals surface area contributed by atoms with Crippen LogP contribution in [0.15, 0.2) is 36.5 Å². The van der Waals surface area contributed by atoms with Crippen LogP contribution in [0.3, 0.4) is 0 Å². The second-order valence-corrected chi connectivity index (χ2v) is 6.90. The number of hydrogen-bond acceptors (Lipinski definition) is 3. The fraction of sp³-hybridized carbons (Fsp3) is 0.286. The molecule has 0 unspecified atom stereocenters. The van der Waals surface area contributed by atoms with Gasteiger partial charge in [0.1, 0.15) is 5.75 Å².